The van der Waals surface area contributed by atoms with Crippen molar-refractivity contribution in [1.82, 2.24) is 28.7 Å². The predicted molar refractivity (Wildman–Crippen MR) is 570 cm³/mol. The van der Waals surface area contributed by atoms with Crippen molar-refractivity contribution >= 4 is 33.1 Å². The monoisotopic (exact) mass is 1820 g/mol. The van der Waals surface area contributed by atoms with Crippen molar-refractivity contribution in [1.29, 1.82) is 0 Å². The van der Waals surface area contributed by atoms with Gasteiger partial charge in [0, 0.05) is 36.0 Å². The average Bonchev–Trinajstić information content (AvgIpc) is 1.46. The summed E-state index contributed by atoms with van der Waals surface area (Å²) in [7, 11) is 0. The Kier molecular flexibility index (Phi) is 17.0. The lowest BCUT2D eigenvalue weighted by Crippen LogP contribution is -2.43. The number of fused-ring (bicyclic) bond motifs is 35. The maximum Gasteiger partial charge on any atom is 0.153 e. The molecule has 3 aromatic heterocycles. The largest absolute Gasteiger partial charge is 0.453 e. The minimum atomic E-state index is -0.554. The van der Waals surface area contributed by atoms with Crippen LogP contribution in [-0.2, 0) is 40.9 Å². The summed E-state index contributed by atoms with van der Waals surface area (Å²) in [6.45, 7) is 6.53. The smallest absolute Gasteiger partial charge is 0.153 e. The highest BCUT2D eigenvalue weighted by molar-refractivity contribution is 6.02. The van der Waals surface area contributed by atoms with Gasteiger partial charge >= 0.3 is 0 Å². The number of para-hydroxylation sites is 6. The molecule has 0 bridgehead atoms. The molecule has 142 heavy (non-hydrogen) atoms. The Hall–Kier alpha value is -17.8. The van der Waals surface area contributed by atoms with Gasteiger partial charge in [-0.2, -0.15) is 0 Å². The van der Waals surface area contributed by atoms with Gasteiger partial charge in [-0.05, 0) is 234 Å². The summed E-state index contributed by atoms with van der Waals surface area (Å²) >= 11 is 0. The highest BCUT2D eigenvalue weighted by Gasteiger charge is 2.60. The molecule has 0 saturated carbocycles. The molecule has 32 rings (SSSR count). The zero-order valence-electron chi connectivity index (χ0n) is 78.2. The van der Waals surface area contributed by atoms with E-state index in [1.54, 1.807) is 0 Å². The molecule has 668 valence electrons. The number of aromatic nitrogens is 6. The van der Waals surface area contributed by atoms with E-state index in [0.717, 1.165) is 149 Å². The SMILES string of the molecule is CCc1nc2cccc3c2n1-c1c(cccc1-c1ccc2c(c1)C(c1ccccc1)(c1ccccc1)c1ccccc1-2)O3.CCc1nc2cccc3c2n1-c1c(cccc1-c1ccc2c(c1)C1(c4ccccc4-2)c2ccccc2C2(c4ccccc4-c4ccccc42)c2ccccc21)O3.CCc1nc2cccc3c2n1-c1c(cccc1-c1ccc2c(c1)C1(c4ccccc4-c4ccccc41)c1ccccc1-2)O3. The first-order valence-electron chi connectivity index (χ1n) is 49.7. The molecule has 0 saturated heterocycles. The van der Waals surface area contributed by atoms with Crippen LogP contribution < -0.4 is 14.2 Å². The summed E-state index contributed by atoms with van der Waals surface area (Å²) < 4.78 is 26.7. The Morgan fingerprint density at radius 3 is 0.676 bits per heavy atom. The van der Waals surface area contributed by atoms with Crippen LogP contribution >= 0.6 is 0 Å². The first kappa shape index (κ1) is 80.3. The highest BCUT2D eigenvalue weighted by atomic mass is 16.5. The number of nitrogens with zero attached hydrogens (tertiary/aromatic N) is 6. The second-order valence-electron chi connectivity index (χ2n) is 38.7. The first-order valence-corrected chi connectivity index (χ1v) is 49.7. The molecule has 0 radical (unpaired) electrons. The van der Waals surface area contributed by atoms with Crippen LogP contribution in [0.25, 0.3) is 139 Å². The van der Waals surface area contributed by atoms with E-state index in [-0.39, 0.29) is 5.41 Å². The molecule has 0 fully saturated rings. The van der Waals surface area contributed by atoms with Crippen LogP contribution in [0.2, 0.25) is 0 Å². The second kappa shape index (κ2) is 30.1. The molecule has 6 heterocycles. The zero-order valence-corrected chi connectivity index (χ0v) is 78.2. The first-order chi connectivity index (χ1) is 70.3. The fourth-order valence-electron chi connectivity index (χ4n) is 27.0. The molecule has 0 unspecified atom stereocenters. The van der Waals surface area contributed by atoms with Crippen molar-refractivity contribution in [3.8, 4) is 141 Å². The molecular formula is C133H88N6O3. The van der Waals surface area contributed by atoms with E-state index in [1.165, 1.54) is 150 Å². The van der Waals surface area contributed by atoms with Crippen molar-refractivity contribution in [3.63, 3.8) is 0 Å². The van der Waals surface area contributed by atoms with Crippen molar-refractivity contribution in [2.45, 2.75) is 61.7 Å². The van der Waals surface area contributed by atoms with Crippen molar-refractivity contribution in [2.24, 2.45) is 0 Å². The van der Waals surface area contributed by atoms with Crippen LogP contribution in [0.5, 0.6) is 34.5 Å². The van der Waals surface area contributed by atoms with E-state index in [1.807, 2.05) is 30.3 Å². The minimum Gasteiger partial charge on any atom is -0.453 e. The van der Waals surface area contributed by atoms with E-state index in [2.05, 4.69) is 447 Å². The van der Waals surface area contributed by atoms with Gasteiger partial charge in [0.05, 0.1) is 55.3 Å². The Morgan fingerprint density at radius 2 is 0.394 bits per heavy atom. The van der Waals surface area contributed by atoms with Crippen molar-refractivity contribution in [2.75, 3.05) is 0 Å². The van der Waals surface area contributed by atoms with E-state index in [0.29, 0.717) is 0 Å². The van der Waals surface area contributed by atoms with E-state index in [9.17, 15) is 0 Å². The predicted octanol–water partition coefficient (Wildman–Crippen LogP) is 31.8. The number of aryl methyl sites for hydroxylation is 3. The Morgan fingerprint density at radius 1 is 0.183 bits per heavy atom. The fraction of sp³-hybridized carbons (Fsp3) is 0.0752. The maximum atomic E-state index is 6.67. The van der Waals surface area contributed by atoms with Crippen LogP contribution in [0, 0.1) is 0 Å². The maximum absolute atomic E-state index is 6.67. The summed E-state index contributed by atoms with van der Waals surface area (Å²) in [5, 5.41) is 0. The van der Waals surface area contributed by atoms with Gasteiger partial charge in [0.15, 0.2) is 34.5 Å². The third-order valence-corrected chi connectivity index (χ3v) is 32.3. The van der Waals surface area contributed by atoms with Crippen LogP contribution in [0.1, 0.15) is 127 Å². The quantitative estimate of drug-likeness (QED) is 0.151. The van der Waals surface area contributed by atoms with Crippen LogP contribution in [0.15, 0.2) is 443 Å². The molecule has 9 nitrogen and oxygen atoms in total. The summed E-state index contributed by atoms with van der Waals surface area (Å²) in [5.41, 5.74) is 48.6. The molecule has 23 aromatic rings. The van der Waals surface area contributed by atoms with Crippen molar-refractivity contribution < 1.29 is 14.2 Å². The molecule has 20 aromatic carbocycles. The average molecular weight is 1820 g/mol. The second-order valence-corrected chi connectivity index (χ2v) is 38.7. The summed E-state index contributed by atoms with van der Waals surface area (Å²) in [4.78, 5) is 15.1. The van der Waals surface area contributed by atoms with Gasteiger partial charge in [-0.15, -0.1) is 0 Å². The lowest BCUT2D eigenvalue weighted by atomic mass is 9.52. The summed E-state index contributed by atoms with van der Waals surface area (Å²) in [6, 6.07) is 163. The topological polar surface area (TPSA) is 81.1 Å². The Balaban J connectivity index is 0.000000101. The van der Waals surface area contributed by atoms with E-state index >= 15 is 0 Å². The summed E-state index contributed by atoms with van der Waals surface area (Å²) in [5.74, 6) is 8.24. The molecule has 0 amide bonds. The van der Waals surface area contributed by atoms with Gasteiger partial charge in [-0.25, -0.2) is 15.0 Å². The van der Waals surface area contributed by atoms with Gasteiger partial charge in [-0.1, -0.05) is 391 Å². The molecule has 3 aliphatic heterocycles. The third-order valence-electron chi connectivity index (χ3n) is 32.3. The van der Waals surface area contributed by atoms with E-state index < -0.39 is 16.2 Å². The lowest BCUT2D eigenvalue weighted by molar-refractivity contribution is 0.474. The Bertz CT molecular complexity index is 8950. The lowest BCUT2D eigenvalue weighted by Gasteiger charge is -2.48. The minimum absolute atomic E-state index is 0.371. The standard InChI is InChI=1S/C53H34N2O.C40H26N2O.C40H28N2O/c1-2-49-54-46-26-14-28-48-51(46)55(49)50-33(18-13-27-47(50)56-48)32-29-30-37-36-17-5-8-21-40(36)53(45(37)31-32)43-24-11-9-22-41(43)52(42-23-10-12-25-44(42)53)38-19-6-3-15-34(38)35-16-4-7-20-39(35)52;1-2-37-41-34-18-10-20-36-39(34)42(37)38-25(14-9-19-35(38)43-36)24-21-22-29-28-13-5-8-17-32(28)40(33(29)23-24)30-15-6-3-11-26(30)27-12-4-7-16-31(27)40;1-2-37-41-34-20-12-22-36-39(34)42(37)38-29(18-11-21-35(38)43-36)26-23-24-31-30-17-9-10-19-32(30)40(33(31)25-26,27-13-5-3-6-14-27)28-15-7-4-8-16-28/h3-31H,2H2,1H3;3-23H,2H2,1H3;3-25H,2H2,1H3. The van der Waals surface area contributed by atoms with Gasteiger partial charge in [0.25, 0.3) is 0 Å². The number of ether oxygens (including phenoxy) is 3. The van der Waals surface area contributed by atoms with Gasteiger partial charge in [-0.3, -0.25) is 13.7 Å². The number of hydrogen-bond donors (Lipinski definition) is 0. The van der Waals surface area contributed by atoms with Gasteiger partial charge in [0.1, 0.15) is 34.0 Å². The van der Waals surface area contributed by atoms with Crippen LogP contribution in [-0.4, -0.2) is 28.7 Å². The molecule has 9 heteroatoms. The zero-order chi connectivity index (χ0) is 93.6. The Labute approximate surface area is 821 Å². The van der Waals surface area contributed by atoms with Crippen LogP contribution in [0.3, 0.4) is 0 Å². The number of rotatable bonds is 8. The molecule has 3 spiro atoms. The molecule has 9 aliphatic rings. The number of benzene rings is 20. The third kappa shape index (κ3) is 10.5. The summed E-state index contributed by atoms with van der Waals surface area (Å²) in [6.07, 6.45) is 2.47. The van der Waals surface area contributed by atoms with Crippen molar-refractivity contribution in [3.05, 3.63) is 549 Å². The molecule has 6 aliphatic carbocycles. The molecule has 0 atom stereocenters. The van der Waals surface area contributed by atoms with Crippen LogP contribution in [0.4, 0.5) is 0 Å². The highest BCUT2D eigenvalue weighted by Crippen LogP contribution is 2.70. The fourth-order valence-corrected chi connectivity index (χ4v) is 27.0. The van der Waals surface area contributed by atoms with Gasteiger partial charge in [0.2, 0.25) is 0 Å². The number of imidazole rings is 3. The molecule has 0 N–H and O–H groups in total. The normalized spacial score (nSPS) is 14.4. The van der Waals surface area contributed by atoms with E-state index in [4.69, 9.17) is 29.2 Å². The molecular weight excluding hydrogens is 1730 g/mol. The van der Waals surface area contributed by atoms with Gasteiger partial charge < -0.3 is 14.2 Å². The number of hydrogen-bond acceptors (Lipinski definition) is 6.